The van der Waals surface area contributed by atoms with Crippen LogP contribution in [0.15, 0.2) is 346 Å². The van der Waals surface area contributed by atoms with Crippen LogP contribution in [0, 0.1) is 0 Å². The number of ether oxygens (including phenoxy) is 4. The Kier molecular flexibility index (Phi) is 36.1. The molecule has 15 rings (SSSR count). The van der Waals surface area contributed by atoms with Crippen molar-refractivity contribution in [2.75, 3.05) is 38.4 Å². The fraction of sp³-hybridized carbons (Fsp3) is 0.100. The second-order valence-corrected chi connectivity index (χ2v) is 43.5. The van der Waals surface area contributed by atoms with Crippen LogP contribution in [0.4, 0.5) is 5.69 Å². The van der Waals surface area contributed by atoms with Crippen molar-refractivity contribution in [2.24, 2.45) is 0 Å². The van der Waals surface area contributed by atoms with Crippen molar-refractivity contribution in [3.05, 3.63) is 405 Å². The standard InChI is InChI=1S/C20H17Cl2NO4S.3C20H16Cl2O4S.C20H16Cl2O3S/c1-23(28(25,26)19-12-15(21)11-16(22)20(19)24)17-10-14(8-9-18(17)27-2)13-6-4-3-5-7-13;1-26-18-9-5-8-15(13-6-3-2-4-7-13)16(18)12-27(24,25)19-11-14(21)10-17(22)20(19)23;1-26-18-9-14(13-5-3-2-4-6-13)7-8-15(18)12-27(24,25)19-11-16(21)10-17(22)20(19)23;21-16-10-17(22)20(23)19(11-16)27(24,25)13-15-8-4-5-9-18(15)26-12-14-6-2-1-3-7-14;21-16-11-18(22)20(23)19(12-16)26(24,25)13-17(14-7-3-1-4-8-14)15-9-5-2-6-10-15/h3-12,24H,1-2H3;2*2-11,23H,12H2,1H3;1-11,23H,12-13H2;1-12,17,23H,13H2. The van der Waals surface area contributed by atoms with Crippen LogP contribution in [0.2, 0.25) is 50.2 Å². The summed E-state index contributed by atoms with van der Waals surface area (Å²) < 4.78 is 153. The van der Waals surface area contributed by atoms with E-state index in [9.17, 15) is 67.6 Å². The van der Waals surface area contributed by atoms with Crippen molar-refractivity contribution in [2.45, 2.75) is 54.3 Å². The van der Waals surface area contributed by atoms with Crippen molar-refractivity contribution in [3.8, 4) is 85.1 Å². The van der Waals surface area contributed by atoms with Crippen LogP contribution in [-0.2, 0) is 73.2 Å². The van der Waals surface area contributed by atoms with E-state index < -0.39 is 78.1 Å². The first-order chi connectivity index (χ1) is 64.1. The maximum atomic E-state index is 13.2. The number of anilines is 1. The highest BCUT2D eigenvalue weighted by Crippen LogP contribution is 2.46. The molecule has 0 aliphatic heterocycles. The summed E-state index contributed by atoms with van der Waals surface area (Å²) in [6, 6.07) is 92.0. The molecule has 15 aromatic carbocycles. The minimum atomic E-state index is -4.16. The lowest BCUT2D eigenvalue weighted by Crippen LogP contribution is -2.27. The van der Waals surface area contributed by atoms with Gasteiger partial charge in [-0.05, 0) is 141 Å². The summed E-state index contributed by atoms with van der Waals surface area (Å²) in [7, 11) is -14.0. The zero-order valence-electron chi connectivity index (χ0n) is 71.4. The highest BCUT2D eigenvalue weighted by molar-refractivity contribution is 7.93. The van der Waals surface area contributed by atoms with Gasteiger partial charge in [0.1, 0.15) is 54.1 Å². The number of para-hydroxylation sites is 1. The molecule has 0 heterocycles. The summed E-state index contributed by atoms with van der Waals surface area (Å²) in [5, 5.41) is 50.6. The Labute approximate surface area is 832 Å². The minimum Gasteiger partial charge on any atom is -0.505 e. The van der Waals surface area contributed by atoms with Gasteiger partial charge in [0.25, 0.3) is 10.0 Å². The number of phenols is 5. The van der Waals surface area contributed by atoms with Gasteiger partial charge in [-0.2, -0.15) is 0 Å². The molecule has 0 amide bonds. The summed E-state index contributed by atoms with van der Waals surface area (Å²) >= 11 is 59.0. The largest absolute Gasteiger partial charge is 0.505 e. The topological polar surface area (TPSA) is 312 Å². The fourth-order valence-electron chi connectivity index (χ4n) is 13.7. The second-order valence-electron chi connectivity index (χ2n) is 29.5. The Morgan fingerprint density at radius 2 is 0.630 bits per heavy atom. The van der Waals surface area contributed by atoms with Crippen LogP contribution in [0.3, 0.4) is 0 Å². The minimum absolute atomic E-state index is 0.0907. The van der Waals surface area contributed by atoms with Crippen LogP contribution in [-0.4, -0.2) is 102 Å². The molecular formula is C100H81Cl10NO19S5. The number of hydrogen-bond donors (Lipinski definition) is 5. The van der Waals surface area contributed by atoms with E-state index in [4.69, 9.17) is 135 Å². The number of methoxy groups -OCH3 is 3. The molecule has 15 aromatic rings. The summed E-state index contributed by atoms with van der Waals surface area (Å²) in [5.41, 5.74) is 9.65. The lowest BCUT2D eigenvalue weighted by molar-refractivity contribution is 0.303. The maximum absolute atomic E-state index is 13.2. The van der Waals surface area contributed by atoms with Gasteiger partial charge in [0.15, 0.2) is 68.1 Å². The van der Waals surface area contributed by atoms with Gasteiger partial charge in [0.05, 0.1) is 75.1 Å². The molecule has 700 valence electrons. The zero-order chi connectivity index (χ0) is 97.9. The van der Waals surface area contributed by atoms with Gasteiger partial charge in [-0.15, -0.1) is 0 Å². The molecule has 0 saturated carbocycles. The Balaban J connectivity index is 0.000000162. The van der Waals surface area contributed by atoms with Crippen molar-refractivity contribution in [1.29, 1.82) is 0 Å². The number of rotatable bonds is 26. The molecule has 20 nitrogen and oxygen atoms in total. The maximum Gasteiger partial charge on any atom is 0.267 e. The molecule has 35 heteroatoms. The highest BCUT2D eigenvalue weighted by Gasteiger charge is 2.33. The fourth-order valence-corrected chi connectivity index (χ4v) is 24.4. The van der Waals surface area contributed by atoms with Gasteiger partial charge in [0.2, 0.25) is 0 Å². The number of nitrogens with zero attached hydrogens (tertiary/aromatic N) is 1. The van der Waals surface area contributed by atoms with E-state index in [1.54, 1.807) is 60.7 Å². The molecule has 0 atom stereocenters. The van der Waals surface area contributed by atoms with Crippen molar-refractivity contribution < 1.29 is 86.6 Å². The van der Waals surface area contributed by atoms with Crippen LogP contribution in [0.25, 0.3) is 33.4 Å². The molecule has 0 unspecified atom stereocenters. The molecule has 0 spiro atoms. The Morgan fingerprint density at radius 3 is 1.05 bits per heavy atom. The van der Waals surface area contributed by atoms with E-state index in [1.807, 2.05) is 200 Å². The van der Waals surface area contributed by atoms with Crippen molar-refractivity contribution in [3.63, 3.8) is 0 Å². The first-order valence-corrected chi connectivity index (χ1v) is 51.8. The number of aromatic hydroxyl groups is 5. The number of sulfone groups is 4. The van der Waals surface area contributed by atoms with Gasteiger partial charge < -0.3 is 44.5 Å². The van der Waals surface area contributed by atoms with E-state index in [0.717, 1.165) is 60.4 Å². The predicted molar refractivity (Wildman–Crippen MR) is 538 cm³/mol. The predicted octanol–water partition coefficient (Wildman–Crippen LogP) is 26.5. The molecular weight excluding hydrogens is 2030 g/mol. The van der Waals surface area contributed by atoms with Crippen molar-refractivity contribution in [1.82, 2.24) is 0 Å². The highest BCUT2D eigenvalue weighted by atomic mass is 35.5. The Morgan fingerprint density at radius 1 is 0.296 bits per heavy atom. The van der Waals surface area contributed by atoms with Crippen LogP contribution in [0.5, 0.6) is 51.7 Å². The van der Waals surface area contributed by atoms with Gasteiger partial charge >= 0.3 is 0 Å². The van der Waals surface area contributed by atoms with E-state index in [-0.39, 0.29) is 104 Å². The molecule has 0 aliphatic rings. The monoisotopic (exact) mass is 2110 g/mol. The number of halogens is 10. The van der Waals surface area contributed by atoms with Gasteiger partial charge in [0, 0.05) is 54.8 Å². The summed E-state index contributed by atoms with van der Waals surface area (Å²) in [6.45, 7) is 0.312. The number of sulfonamides is 1. The third-order valence-electron chi connectivity index (χ3n) is 20.4. The third-order valence-corrected chi connectivity index (χ3v) is 31.5. The lowest BCUT2D eigenvalue weighted by atomic mass is 9.93. The Bertz CT molecular complexity index is 7330. The Hall–Kier alpha value is -11.1. The van der Waals surface area contributed by atoms with Gasteiger partial charge in [-0.1, -0.05) is 347 Å². The third kappa shape index (κ3) is 26.8. The summed E-state index contributed by atoms with van der Waals surface area (Å²) in [4.78, 5) is -1.58. The average Bonchev–Trinajstić information content (AvgIpc) is 0.796. The van der Waals surface area contributed by atoms with Gasteiger partial charge in [-0.3, -0.25) is 4.31 Å². The first kappa shape index (κ1) is 104. The molecule has 135 heavy (non-hydrogen) atoms. The van der Waals surface area contributed by atoms with Crippen LogP contribution < -0.4 is 23.3 Å². The molecule has 0 bridgehead atoms. The molecule has 0 radical (unpaired) electrons. The van der Waals surface area contributed by atoms with E-state index in [0.29, 0.717) is 52.0 Å². The van der Waals surface area contributed by atoms with Crippen molar-refractivity contribution >= 4 is 171 Å². The van der Waals surface area contributed by atoms with Crippen LogP contribution in [0.1, 0.15) is 39.3 Å². The number of hydrogen-bond acceptors (Lipinski definition) is 19. The lowest BCUT2D eigenvalue weighted by Gasteiger charge is -2.23. The SMILES string of the molecule is COc1cc(-c2ccccc2)ccc1CS(=O)(=O)c1cc(Cl)cc(Cl)c1O.COc1ccc(-c2ccccc2)cc1N(C)S(=O)(=O)c1cc(Cl)cc(Cl)c1O.COc1cccc(-c2ccccc2)c1CS(=O)(=O)c1cc(Cl)cc(Cl)c1O.O=S(=O)(CC(c1ccccc1)c1ccccc1)c1cc(Cl)cc(Cl)c1O.O=S(=O)(Cc1ccccc1OCc1ccccc1)c1cc(Cl)cc(Cl)c1O. The number of phenolic OH excluding ortho intramolecular Hbond substituents is 5. The molecule has 0 saturated heterocycles. The smallest absolute Gasteiger partial charge is 0.267 e. The van der Waals surface area contributed by atoms with Crippen LogP contribution >= 0.6 is 116 Å². The van der Waals surface area contributed by atoms with E-state index in [2.05, 4.69) is 0 Å². The van der Waals surface area contributed by atoms with Gasteiger partial charge in [-0.25, -0.2) is 42.1 Å². The summed E-state index contributed by atoms with van der Waals surface area (Å²) in [5.74, 6) is -2.60. The molecule has 0 aromatic heterocycles. The molecule has 0 aliphatic carbocycles. The normalized spacial score (nSPS) is 11.4. The average molecular weight is 2120 g/mol. The molecule has 0 fully saturated rings. The first-order valence-electron chi connectivity index (χ1n) is 40.0. The molecule has 5 N–H and O–H groups in total. The quantitative estimate of drug-likeness (QED) is 0.0336. The van der Waals surface area contributed by atoms with E-state index >= 15 is 0 Å². The summed E-state index contributed by atoms with van der Waals surface area (Å²) in [6.07, 6.45) is 0. The number of benzene rings is 15. The van der Waals surface area contributed by atoms with E-state index in [1.165, 1.54) is 83.0 Å². The zero-order valence-corrected chi connectivity index (χ0v) is 83.1. The second kappa shape index (κ2) is 46.7.